The zero-order valence-electron chi connectivity index (χ0n) is 17.0. The van der Waals surface area contributed by atoms with Crippen molar-refractivity contribution in [1.82, 2.24) is 4.90 Å². The van der Waals surface area contributed by atoms with Crippen LogP contribution in [0.15, 0.2) is 30.3 Å². The number of aryl methyl sites for hydroxylation is 2. The third-order valence-electron chi connectivity index (χ3n) is 7.16. The lowest BCUT2D eigenvalue weighted by molar-refractivity contribution is -0.0168. The number of hydrogen-bond donors (Lipinski definition) is 1. The Balaban J connectivity index is 1.42. The molecule has 1 saturated carbocycles. The highest BCUT2D eigenvalue weighted by Crippen LogP contribution is 2.45. The molecule has 2 nitrogen and oxygen atoms in total. The molecule has 1 unspecified atom stereocenters. The van der Waals surface area contributed by atoms with E-state index in [2.05, 4.69) is 42.2 Å². The van der Waals surface area contributed by atoms with Crippen LogP contribution >= 0.6 is 11.6 Å². The number of rotatable bonds is 3. The summed E-state index contributed by atoms with van der Waals surface area (Å²) in [5.74, 6) is 0.689. The summed E-state index contributed by atoms with van der Waals surface area (Å²) in [6.07, 6.45) is 6.66. The summed E-state index contributed by atoms with van der Waals surface area (Å²) in [6, 6.07) is 11.9. The second kappa shape index (κ2) is 6.86. The number of likely N-dealkylation sites (tertiary alicyclic amines) is 1. The van der Waals surface area contributed by atoms with E-state index < -0.39 is 5.60 Å². The summed E-state index contributed by atoms with van der Waals surface area (Å²) in [5.41, 5.74) is 7.80. The lowest BCUT2D eigenvalue weighted by Gasteiger charge is -2.39. The van der Waals surface area contributed by atoms with Gasteiger partial charge in [-0.3, -0.25) is 4.90 Å². The Bertz CT molecular complexity index is 905. The molecule has 1 aliphatic heterocycles. The molecular weight excluding hydrogens is 366 g/mol. The standard InChI is InChI=1S/C25H30ClNO/c1-16-13-20(18-5-7-21(17-3-4-17)22(26)15-18)14-19-6-8-23(24(16)19)27-11-9-25(2,28)10-12-27/h5,7,13-15,17,23,28H,3-4,6,8-12H2,1-2H3. The van der Waals surface area contributed by atoms with Crippen LogP contribution in [0.3, 0.4) is 0 Å². The molecular formula is C25H30ClNO. The summed E-state index contributed by atoms with van der Waals surface area (Å²) < 4.78 is 0. The molecule has 0 spiro atoms. The smallest absolute Gasteiger partial charge is 0.0644 e. The van der Waals surface area contributed by atoms with E-state index in [1.807, 2.05) is 6.92 Å². The predicted octanol–water partition coefficient (Wildman–Crippen LogP) is 6.03. The number of aliphatic hydroxyl groups is 1. The van der Waals surface area contributed by atoms with E-state index in [9.17, 15) is 5.11 Å². The Labute approximate surface area is 173 Å². The average molecular weight is 396 g/mol. The third-order valence-corrected chi connectivity index (χ3v) is 7.49. The number of halogens is 1. The minimum atomic E-state index is -0.483. The first-order chi connectivity index (χ1) is 13.4. The van der Waals surface area contributed by atoms with E-state index in [1.54, 1.807) is 0 Å². The second-order valence-electron chi connectivity index (χ2n) is 9.46. The Morgan fingerprint density at radius 2 is 1.79 bits per heavy atom. The van der Waals surface area contributed by atoms with Gasteiger partial charge in [0, 0.05) is 24.2 Å². The molecule has 1 N–H and O–H groups in total. The fourth-order valence-electron chi connectivity index (χ4n) is 5.27. The van der Waals surface area contributed by atoms with Crippen molar-refractivity contribution in [3.63, 3.8) is 0 Å². The molecule has 3 heteroatoms. The van der Waals surface area contributed by atoms with Gasteiger partial charge in [-0.1, -0.05) is 35.9 Å². The van der Waals surface area contributed by atoms with Crippen molar-refractivity contribution in [2.45, 2.75) is 69.9 Å². The van der Waals surface area contributed by atoms with E-state index in [0.29, 0.717) is 12.0 Å². The van der Waals surface area contributed by atoms with Gasteiger partial charge in [0.2, 0.25) is 0 Å². The van der Waals surface area contributed by atoms with Crippen molar-refractivity contribution in [3.05, 3.63) is 57.6 Å². The number of piperidine rings is 1. The number of fused-ring (bicyclic) bond motifs is 1. The summed E-state index contributed by atoms with van der Waals surface area (Å²) in [4.78, 5) is 2.60. The molecule has 3 aliphatic rings. The Hall–Kier alpha value is -1.35. The molecule has 5 rings (SSSR count). The Morgan fingerprint density at radius 3 is 2.46 bits per heavy atom. The maximum atomic E-state index is 10.3. The van der Waals surface area contributed by atoms with Gasteiger partial charge in [-0.05, 0) is 97.7 Å². The lowest BCUT2D eigenvalue weighted by atomic mass is 9.90. The van der Waals surface area contributed by atoms with Crippen LogP contribution in [0.5, 0.6) is 0 Å². The molecule has 1 atom stereocenters. The number of nitrogens with zero attached hydrogens (tertiary/aromatic N) is 1. The van der Waals surface area contributed by atoms with Gasteiger partial charge in [0.15, 0.2) is 0 Å². The highest BCUT2D eigenvalue weighted by molar-refractivity contribution is 6.31. The van der Waals surface area contributed by atoms with Gasteiger partial charge in [-0.25, -0.2) is 0 Å². The topological polar surface area (TPSA) is 23.5 Å². The molecule has 0 radical (unpaired) electrons. The zero-order valence-corrected chi connectivity index (χ0v) is 17.7. The van der Waals surface area contributed by atoms with Crippen molar-refractivity contribution in [1.29, 1.82) is 0 Å². The molecule has 28 heavy (non-hydrogen) atoms. The van der Waals surface area contributed by atoms with Crippen molar-refractivity contribution >= 4 is 11.6 Å². The Morgan fingerprint density at radius 1 is 1.04 bits per heavy atom. The molecule has 2 fully saturated rings. The van der Waals surface area contributed by atoms with Crippen molar-refractivity contribution in [2.75, 3.05) is 13.1 Å². The van der Waals surface area contributed by atoms with E-state index in [0.717, 1.165) is 37.4 Å². The van der Waals surface area contributed by atoms with Gasteiger partial charge in [0.1, 0.15) is 0 Å². The van der Waals surface area contributed by atoms with Gasteiger partial charge in [0.25, 0.3) is 0 Å². The van der Waals surface area contributed by atoms with Crippen molar-refractivity contribution in [2.24, 2.45) is 0 Å². The summed E-state index contributed by atoms with van der Waals surface area (Å²) >= 11 is 6.59. The van der Waals surface area contributed by atoms with Crippen LogP contribution in [0.1, 0.15) is 73.2 Å². The maximum absolute atomic E-state index is 10.3. The molecule has 0 aromatic heterocycles. The third kappa shape index (κ3) is 3.40. The molecule has 0 amide bonds. The lowest BCUT2D eigenvalue weighted by Crippen LogP contribution is -2.43. The largest absolute Gasteiger partial charge is 0.390 e. The van der Waals surface area contributed by atoms with Crippen LogP contribution in [0.4, 0.5) is 0 Å². The van der Waals surface area contributed by atoms with E-state index in [1.165, 1.54) is 52.6 Å². The molecule has 2 aromatic carbocycles. The molecule has 148 valence electrons. The molecule has 2 aromatic rings. The van der Waals surface area contributed by atoms with Crippen LogP contribution in [-0.4, -0.2) is 28.7 Å². The van der Waals surface area contributed by atoms with Gasteiger partial charge in [0.05, 0.1) is 5.60 Å². The summed E-state index contributed by atoms with van der Waals surface area (Å²) in [6.45, 7) is 6.23. The highest BCUT2D eigenvalue weighted by Gasteiger charge is 2.35. The van der Waals surface area contributed by atoms with Crippen LogP contribution in [0, 0.1) is 6.92 Å². The SMILES string of the molecule is Cc1cc(-c2ccc(C3CC3)c(Cl)c2)cc2c1C(N1CCC(C)(O)CC1)CC2. The first-order valence-corrected chi connectivity index (χ1v) is 11.2. The minimum Gasteiger partial charge on any atom is -0.390 e. The minimum absolute atomic E-state index is 0.483. The average Bonchev–Trinajstić information content (AvgIpc) is 3.40. The normalized spacial score (nSPS) is 24.4. The van der Waals surface area contributed by atoms with Gasteiger partial charge < -0.3 is 5.11 Å². The van der Waals surface area contributed by atoms with Crippen LogP contribution in [0.2, 0.25) is 5.02 Å². The van der Waals surface area contributed by atoms with E-state index in [-0.39, 0.29) is 0 Å². The molecule has 1 heterocycles. The first-order valence-electron chi connectivity index (χ1n) is 10.8. The van der Waals surface area contributed by atoms with Gasteiger partial charge >= 0.3 is 0 Å². The fourth-order valence-corrected chi connectivity index (χ4v) is 5.61. The van der Waals surface area contributed by atoms with Gasteiger partial charge in [-0.15, -0.1) is 0 Å². The van der Waals surface area contributed by atoms with Crippen LogP contribution < -0.4 is 0 Å². The maximum Gasteiger partial charge on any atom is 0.0644 e. The van der Waals surface area contributed by atoms with Gasteiger partial charge in [-0.2, -0.15) is 0 Å². The first kappa shape index (κ1) is 18.7. The van der Waals surface area contributed by atoms with E-state index >= 15 is 0 Å². The van der Waals surface area contributed by atoms with Crippen LogP contribution in [0.25, 0.3) is 11.1 Å². The molecule has 0 bridgehead atoms. The monoisotopic (exact) mass is 395 g/mol. The highest BCUT2D eigenvalue weighted by atomic mass is 35.5. The molecule has 1 saturated heterocycles. The van der Waals surface area contributed by atoms with Crippen LogP contribution in [-0.2, 0) is 6.42 Å². The zero-order chi connectivity index (χ0) is 19.5. The van der Waals surface area contributed by atoms with Crippen molar-refractivity contribution in [3.8, 4) is 11.1 Å². The number of hydrogen-bond acceptors (Lipinski definition) is 2. The van der Waals surface area contributed by atoms with Crippen molar-refractivity contribution < 1.29 is 5.11 Å². The predicted molar refractivity (Wildman–Crippen MR) is 116 cm³/mol. The second-order valence-corrected chi connectivity index (χ2v) is 9.87. The summed E-state index contributed by atoms with van der Waals surface area (Å²) in [5, 5.41) is 11.2. The summed E-state index contributed by atoms with van der Waals surface area (Å²) in [7, 11) is 0. The molecule has 2 aliphatic carbocycles. The quantitative estimate of drug-likeness (QED) is 0.686. The Kier molecular flexibility index (Phi) is 4.58. The fraction of sp³-hybridized carbons (Fsp3) is 0.520. The van der Waals surface area contributed by atoms with E-state index in [4.69, 9.17) is 11.6 Å². The number of benzene rings is 2.